The minimum absolute atomic E-state index is 0.295. The lowest BCUT2D eigenvalue weighted by atomic mass is 10.0. The van der Waals surface area contributed by atoms with Crippen LogP contribution in [0.4, 0.5) is 4.79 Å². The number of thiophene rings is 1. The third-order valence-electron chi connectivity index (χ3n) is 4.61. The van der Waals surface area contributed by atoms with Gasteiger partial charge in [-0.2, -0.15) is 0 Å². The zero-order valence-electron chi connectivity index (χ0n) is 15.2. The van der Waals surface area contributed by atoms with Crippen LogP contribution in [0.15, 0.2) is 46.3 Å². The highest BCUT2D eigenvalue weighted by Gasteiger charge is 2.31. The third kappa shape index (κ3) is 5.38. The average molecular weight is 451 g/mol. The molecule has 27 heavy (non-hydrogen) atoms. The smallest absolute Gasteiger partial charge is 0.321 e. The van der Waals surface area contributed by atoms with Crippen LogP contribution >= 0.6 is 27.3 Å². The molecule has 0 aliphatic carbocycles. The van der Waals surface area contributed by atoms with Crippen molar-refractivity contribution in [3.05, 3.63) is 56.7 Å². The highest BCUT2D eigenvalue weighted by molar-refractivity contribution is 9.11. The average Bonchev–Trinajstić information content (AvgIpc) is 3.09. The number of nitrogens with zero attached hydrogens (tertiary/aromatic N) is 2. The van der Waals surface area contributed by atoms with Crippen molar-refractivity contribution < 1.29 is 9.59 Å². The normalized spacial score (nSPS) is 16.7. The summed E-state index contributed by atoms with van der Waals surface area (Å²) in [4.78, 5) is 30.3. The van der Waals surface area contributed by atoms with E-state index in [1.807, 2.05) is 30.3 Å². The summed E-state index contributed by atoms with van der Waals surface area (Å²) in [7, 11) is 1.50. The first-order valence-corrected chi connectivity index (χ1v) is 10.5. The van der Waals surface area contributed by atoms with Crippen molar-refractivity contribution in [2.75, 3.05) is 33.2 Å². The fraction of sp³-hybridized carbons (Fsp3) is 0.368. The van der Waals surface area contributed by atoms with Gasteiger partial charge in [0.25, 0.3) is 0 Å². The summed E-state index contributed by atoms with van der Waals surface area (Å²) in [5.41, 5.74) is 0.898. The molecule has 1 aromatic carbocycles. The van der Waals surface area contributed by atoms with E-state index in [0.29, 0.717) is 0 Å². The monoisotopic (exact) mass is 450 g/mol. The molecule has 1 aromatic heterocycles. The summed E-state index contributed by atoms with van der Waals surface area (Å²) in [5, 5.41) is 4.87. The van der Waals surface area contributed by atoms with Gasteiger partial charge in [-0.05, 0) is 33.6 Å². The fourth-order valence-electron chi connectivity index (χ4n) is 3.24. The van der Waals surface area contributed by atoms with Crippen molar-refractivity contribution in [3.63, 3.8) is 0 Å². The van der Waals surface area contributed by atoms with Crippen molar-refractivity contribution in [1.82, 2.24) is 20.4 Å². The minimum atomic E-state index is -0.483. The third-order valence-corrected chi connectivity index (χ3v) is 6.22. The summed E-state index contributed by atoms with van der Waals surface area (Å²) < 4.78 is 1.14. The molecule has 144 valence electrons. The highest BCUT2D eigenvalue weighted by atomic mass is 79.9. The number of benzene rings is 1. The van der Waals surface area contributed by atoms with Gasteiger partial charge in [0.15, 0.2) is 0 Å². The van der Waals surface area contributed by atoms with Crippen LogP contribution in [0.3, 0.4) is 0 Å². The maximum Gasteiger partial charge on any atom is 0.321 e. The molecule has 1 saturated heterocycles. The van der Waals surface area contributed by atoms with Crippen LogP contribution in [0.1, 0.15) is 16.5 Å². The van der Waals surface area contributed by atoms with Crippen molar-refractivity contribution in [3.8, 4) is 0 Å². The van der Waals surface area contributed by atoms with E-state index in [2.05, 4.69) is 48.5 Å². The first-order chi connectivity index (χ1) is 13.1. The van der Waals surface area contributed by atoms with Gasteiger partial charge in [0.05, 0.1) is 3.79 Å². The van der Waals surface area contributed by atoms with Gasteiger partial charge in [-0.1, -0.05) is 30.3 Å². The maximum absolute atomic E-state index is 12.8. The Labute approximate surface area is 171 Å². The molecule has 1 aliphatic heterocycles. The SMILES string of the molecule is CNC(=O)NC(=O)C(c1ccccc1)N1CCN(Cc2ccc(Br)s2)CC1. The van der Waals surface area contributed by atoms with Crippen LogP contribution in [0.5, 0.6) is 0 Å². The Morgan fingerprint density at radius 2 is 1.81 bits per heavy atom. The van der Waals surface area contributed by atoms with Crippen LogP contribution < -0.4 is 10.6 Å². The second kappa shape index (κ2) is 9.45. The number of halogens is 1. The summed E-state index contributed by atoms with van der Waals surface area (Å²) in [5.74, 6) is -0.295. The molecule has 1 fully saturated rings. The molecule has 2 N–H and O–H groups in total. The molecular weight excluding hydrogens is 428 g/mol. The van der Waals surface area contributed by atoms with Crippen LogP contribution in [-0.2, 0) is 11.3 Å². The van der Waals surface area contributed by atoms with Gasteiger partial charge in [0, 0.05) is 44.6 Å². The molecule has 0 radical (unpaired) electrons. The number of amides is 3. The Morgan fingerprint density at radius 3 is 2.41 bits per heavy atom. The van der Waals surface area contributed by atoms with Gasteiger partial charge in [-0.3, -0.25) is 19.9 Å². The van der Waals surface area contributed by atoms with Crippen molar-refractivity contribution in [1.29, 1.82) is 0 Å². The molecule has 2 heterocycles. The molecule has 2 aromatic rings. The molecule has 3 amide bonds. The van der Waals surface area contributed by atoms with Gasteiger partial charge in [-0.25, -0.2) is 4.79 Å². The Kier molecular flexibility index (Phi) is 7.01. The standard InChI is InChI=1S/C19H23BrN4O2S/c1-21-19(26)22-18(25)17(14-5-3-2-4-6-14)24-11-9-23(10-12-24)13-15-7-8-16(20)27-15/h2-8,17H,9-13H2,1H3,(H2,21,22,25,26). The van der Waals surface area contributed by atoms with Crippen molar-refractivity contribution in [2.24, 2.45) is 0 Å². The topological polar surface area (TPSA) is 64.7 Å². The van der Waals surface area contributed by atoms with Crippen LogP contribution in [0.25, 0.3) is 0 Å². The molecule has 1 atom stereocenters. The second-order valence-corrected chi connectivity index (χ2v) is 8.95. The number of rotatable bonds is 5. The second-order valence-electron chi connectivity index (χ2n) is 6.40. The van der Waals surface area contributed by atoms with E-state index in [9.17, 15) is 9.59 Å². The van der Waals surface area contributed by atoms with Gasteiger partial charge in [-0.15, -0.1) is 11.3 Å². The largest absolute Gasteiger partial charge is 0.341 e. The molecule has 3 rings (SSSR count). The van der Waals surface area contributed by atoms with Gasteiger partial charge < -0.3 is 5.32 Å². The highest BCUT2D eigenvalue weighted by Crippen LogP contribution is 2.26. The molecule has 1 aliphatic rings. The Balaban J connectivity index is 1.66. The lowest BCUT2D eigenvalue weighted by Gasteiger charge is -2.38. The number of nitrogens with one attached hydrogen (secondary N) is 2. The summed E-state index contributed by atoms with van der Waals surface area (Å²) >= 11 is 5.26. The van der Waals surface area contributed by atoms with E-state index >= 15 is 0 Å². The zero-order chi connectivity index (χ0) is 19.2. The summed E-state index contributed by atoms with van der Waals surface area (Å²) in [6.45, 7) is 4.23. The van der Waals surface area contributed by atoms with Gasteiger partial charge in [0.2, 0.25) is 5.91 Å². The number of hydrogen-bond acceptors (Lipinski definition) is 5. The maximum atomic E-state index is 12.8. The molecule has 6 nitrogen and oxygen atoms in total. The number of piperazine rings is 1. The number of urea groups is 1. The Morgan fingerprint density at radius 1 is 1.11 bits per heavy atom. The minimum Gasteiger partial charge on any atom is -0.341 e. The number of carbonyl (C=O) groups excluding carboxylic acids is 2. The van der Waals surface area contributed by atoms with E-state index < -0.39 is 12.1 Å². The van der Waals surface area contributed by atoms with E-state index in [1.165, 1.54) is 11.9 Å². The van der Waals surface area contributed by atoms with Crippen LogP contribution in [0, 0.1) is 0 Å². The van der Waals surface area contributed by atoms with E-state index in [1.54, 1.807) is 11.3 Å². The van der Waals surface area contributed by atoms with Crippen LogP contribution in [0.2, 0.25) is 0 Å². The van der Waals surface area contributed by atoms with Crippen LogP contribution in [-0.4, -0.2) is 55.0 Å². The van der Waals surface area contributed by atoms with Gasteiger partial charge in [0.1, 0.15) is 6.04 Å². The quantitative estimate of drug-likeness (QED) is 0.734. The lowest BCUT2D eigenvalue weighted by molar-refractivity contribution is -0.126. The molecule has 0 spiro atoms. The number of carbonyl (C=O) groups is 2. The molecule has 0 bridgehead atoms. The molecule has 1 unspecified atom stereocenters. The fourth-order valence-corrected chi connectivity index (χ4v) is 4.77. The van der Waals surface area contributed by atoms with Crippen molar-refractivity contribution in [2.45, 2.75) is 12.6 Å². The summed E-state index contributed by atoms with van der Waals surface area (Å²) in [6.07, 6.45) is 0. The van der Waals surface area contributed by atoms with Gasteiger partial charge >= 0.3 is 6.03 Å². The molecule has 8 heteroatoms. The molecular formula is C19H23BrN4O2S. The predicted octanol–water partition coefficient (Wildman–Crippen LogP) is 2.83. The van der Waals surface area contributed by atoms with E-state index in [-0.39, 0.29) is 5.91 Å². The van der Waals surface area contributed by atoms with E-state index in [4.69, 9.17) is 0 Å². The Hall–Kier alpha value is -1.74. The Bertz CT molecular complexity index is 775. The zero-order valence-corrected chi connectivity index (χ0v) is 17.6. The lowest BCUT2D eigenvalue weighted by Crippen LogP contribution is -2.52. The van der Waals surface area contributed by atoms with E-state index in [0.717, 1.165) is 42.1 Å². The first kappa shape index (κ1) is 20.0. The summed E-state index contributed by atoms with van der Waals surface area (Å²) in [6, 6.07) is 12.9. The first-order valence-electron chi connectivity index (χ1n) is 8.85. The van der Waals surface area contributed by atoms with Crippen molar-refractivity contribution >= 4 is 39.2 Å². The predicted molar refractivity (Wildman–Crippen MR) is 111 cm³/mol. The molecule has 0 saturated carbocycles. The number of imide groups is 1. The number of hydrogen-bond donors (Lipinski definition) is 2.